The number of aromatic amines is 1. The lowest BCUT2D eigenvalue weighted by Gasteiger charge is -2.23. The molecule has 6 rings (SSSR count). The number of fused-ring (bicyclic) bond motifs is 2. The van der Waals surface area contributed by atoms with Crippen molar-refractivity contribution in [2.45, 2.75) is 39.3 Å². The van der Waals surface area contributed by atoms with Crippen LogP contribution in [-0.4, -0.2) is 20.8 Å². The Bertz CT molecular complexity index is 1710. The quantitative estimate of drug-likeness (QED) is 0.207. The summed E-state index contributed by atoms with van der Waals surface area (Å²) in [5.74, 6) is 0.175. The Kier molecular flexibility index (Phi) is 7.41. The minimum absolute atomic E-state index is 0.175. The highest BCUT2D eigenvalue weighted by molar-refractivity contribution is 5.92. The normalized spacial score (nSPS) is 11.2. The molecule has 2 aromatic heterocycles. The average molecular weight is 524 g/mol. The van der Waals surface area contributed by atoms with E-state index in [9.17, 15) is 4.79 Å². The summed E-state index contributed by atoms with van der Waals surface area (Å²) >= 11 is 0. The van der Waals surface area contributed by atoms with Gasteiger partial charge < -0.3 is 9.88 Å². The predicted molar refractivity (Wildman–Crippen MR) is 164 cm³/mol. The van der Waals surface area contributed by atoms with E-state index in [1.165, 1.54) is 16.5 Å². The minimum Gasteiger partial charge on any atom is -0.353 e. The molecule has 0 aliphatic heterocycles. The number of carbonyl (C=O) groups excluding carboxylic acids is 1. The van der Waals surface area contributed by atoms with Crippen LogP contribution in [0, 0.1) is 6.92 Å². The van der Waals surface area contributed by atoms with Crippen LogP contribution in [0.25, 0.3) is 33.2 Å². The first-order valence-corrected chi connectivity index (χ1v) is 14.0. The second-order valence-corrected chi connectivity index (χ2v) is 10.5. The van der Waals surface area contributed by atoms with Crippen molar-refractivity contribution in [1.29, 1.82) is 0 Å². The van der Waals surface area contributed by atoms with Crippen LogP contribution < -0.4 is 0 Å². The minimum atomic E-state index is 0.175. The topological polar surface area (TPSA) is 49.0 Å². The molecule has 198 valence electrons. The van der Waals surface area contributed by atoms with Gasteiger partial charge in [0.1, 0.15) is 0 Å². The van der Waals surface area contributed by atoms with E-state index >= 15 is 0 Å². The van der Waals surface area contributed by atoms with E-state index in [0.29, 0.717) is 19.5 Å². The summed E-state index contributed by atoms with van der Waals surface area (Å²) in [4.78, 5) is 24.2. The zero-order valence-corrected chi connectivity index (χ0v) is 22.8. The van der Waals surface area contributed by atoms with E-state index in [1.54, 1.807) is 0 Å². The molecule has 0 radical (unpaired) electrons. The van der Waals surface area contributed by atoms with Crippen molar-refractivity contribution in [3.63, 3.8) is 0 Å². The fraction of sp³-hybridized carbons (Fsp3) is 0.167. The summed E-state index contributed by atoms with van der Waals surface area (Å²) < 4.78 is 0. The van der Waals surface area contributed by atoms with Crippen molar-refractivity contribution in [3.05, 3.63) is 138 Å². The number of amides is 1. The summed E-state index contributed by atoms with van der Waals surface area (Å²) in [6.07, 6.45) is 2.05. The van der Waals surface area contributed by atoms with E-state index < -0.39 is 0 Å². The lowest BCUT2D eigenvalue weighted by Crippen LogP contribution is -2.30. The van der Waals surface area contributed by atoms with Crippen molar-refractivity contribution in [2.75, 3.05) is 0 Å². The van der Waals surface area contributed by atoms with Gasteiger partial charge in [-0.2, -0.15) is 0 Å². The van der Waals surface area contributed by atoms with E-state index in [1.807, 2.05) is 53.4 Å². The van der Waals surface area contributed by atoms with Crippen LogP contribution in [0.2, 0.25) is 0 Å². The van der Waals surface area contributed by atoms with Gasteiger partial charge in [-0.05, 0) is 60.7 Å². The van der Waals surface area contributed by atoms with Crippen molar-refractivity contribution in [1.82, 2.24) is 14.9 Å². The molecule has 6 aromatic rings. The molecule has 4 aromatic carbocycles. The van der Waals surface area contributed by atoms with Gasteiger partial charge in [0, 0.05) is 35.8 Å². The van der Waals surface area contributed by atoms with Crippen LogP contribution in [0.5, 0.6) is 0 Å². The second-order valence-electron chi connectivity index (χ2n) is 10.5. The Morgan fingerprint density at radius 1 is 0.775 bits per heavy atom. The Labute approximate surface area is 235 Å². The molecule has 0 saturated carbocycles. The fourth-order valence-electron chi connectivity index (χ4n) is 5.46. The number of hydrogen-bond acceptors (Lipinski definition) is 2. The van der Waals surface area contributed by atoms with Crippen LogP contribution in [-0.2, 0) is 24.3 Å². The molecule has 0 aliphatic carbocycles. The highest BCUT2D eigenvalue weighted by atomic mass is 16.2. The van der Waals surface area contributed by atoms with Gasteiger partial charge in [0.15, 0.2) is 0 Å². The molecule has 2 heterocycles. The van der Waals surface area contributed by atoms with Gasteiger partial charge in [-0.3, -0.25) is 4.79 Å². The summed E-state index contributed by atoms with van der Waals surface area (Å²) in [7, 11) is 0. The molecule has 0 unspecified atom stereocenters. The summed E-state index contributed by atoms with van der Waals surface area (Å²) in [5, 5.41) is 2.34. The standard InChI is InChI=1S/C36H33N3O/c1-26-19-21-33-31(23-26)30(36(38-33)34-22-20-29-15-8-9-17-32(29)37-34)16-10-18-35(40)39(24-27-11-4-2-5-12-27)25-28-13-6-3-7-14-28/h2-9,11-15,17,19-23,38H,10,16,18,24-25H2,1H3. The second kappa shape index (κ2) is 11.6. The molecule has 0 spiro atoms. The zero-order chi connectivity index (χ0) is 27.3. The number of aromatic nitrogens is 2. The smallest absolute Gasteiger partial charge is 0.223 e. The molecule has 0 bridgehead atoms. The van der Waals surface area contributed by atoms with Gasteiger partial charge in [0.25, 0.3) is 0 Å². The van der Waals surface area contributed by atoms with Crippen LogP contribution in [0.3, 0.4) is 0 Å². The molecule has 0 atom stereocenters. The van der Waals surface area contributed by atoms with Gasteiger partial charge in [0.05, 0.1) is 16.9 Å². The van der Waals surface area contributed by atoms with Crippen LogP contribution in [0.4, 0.5) is 0 Å². The van der Waals surface area contributed by atoms with Crippen LogP contribution >= 0.6 is 0 Å². The Morgan fingerprint density at radius 2 is 1.45 bits per heavy atom. The third-order valence-corrected chi connectivity index (χ3v) is 7.52. The van der Waals surface area contributed by atoms with E-state index in [4.69, 9.17) is 4.98 Å². The number of carbonyl (C=O) groups is 1. The number of nitrogens with one attached hydrogen (secondary N) is 1. The van der Waals surface area contributed by atoms with Crippen molar-refractivity contribution < 1.29 is 4.79 Å². The maximum absolute atomic E-state index is 13.6. The fourth-order valence-corrected chi connectivity index (χ4v) is 5.46. The maximum Gasteiger partial charge on any atom is 0.223 e. The van der Waals surface area contributed by atoms with Gasteiger partial charge in [0.2, 0.25) is 5.91 Å². The van der Waals surface area contributed by atoms with Gasteiger partial charge in [-0.15, -0.1) is 0 Å². The van der Waals surface area contributed by atoms with Crippen molar-refractivity contribution in [2.24, 2.45) is 0 Å². The Balaban J connectivity index is 1.25. The number of pyridine rings is 1. The molecular weight excluding hydrogens is 490 g/mol. The summed E-state index contributed by atoms with van der Waals surface area (Å²) in [6.45, 7) is 3.33. The molecule has 1 amide bonds. The molecular formula is C36H33N3O. The lowest BCUT2D eigenvalue weighted by atomic mass is 10.0. The number of aryl methyl sites for hydroxylation is 2. The van der Waals surface area contributed by atoms with Gasteiger partial charge >= 0.3 is 0 Å². The molecule has 0 fully saturated rings. The van der Waals surface area contributed by atoms with Gasteiger partial charge in [-0.25, -0.2) is 4.98 Å². The third kappa shape index (κ3) is 5.67. The molecule has 1 N–H and O–H groups in total. The highest BCUT2D eigenvalue weighted by Gasteiger charge is 2.18. The van der Waals surface area contributed by atoms with Crippen molar-refractivity contribution >= 4 is 27.7 Å². The number of hydrogen-bond donors (Lipinski definition) is 1. The molecule has 4 nitrogen and oxygen atoms in total. The van der Waals surface area contributed by atoms with E-state index in [-0.39, 0.29) is 5.91 Å². The summed E-state index contributed by atoms with van der Waals surface area (Å²) in [5.41, 5.74) is 8.80. The predicted octanol–water partition coefficient (Wildman–Crippen LogP) is 8.24. The lowest BCUT2D eigenvalue weighted by molar-refractivity contribution is -0.132. The molecule has 4 heteroatoms. The third-order valence-electron chi connectivity index (χ3n) is 7.52. The van der Waals surface area contributed by atoms with Crippen LogP contribution in [0.1, 0.15) is 35.1 Å². The monoisotopic (exact) mass is 523 g/mol. The first kappa shape index (κ1) is 25.6. The van der Waals surface area contributed by atoms with Gasteiger partial charge in [-0.1, -0.05) is 96.6 Å². The first-order valence-electron chi connectivity index (χ1n) is 14.0. The largest absolute Gasteiger partial charge is 0.353 e. The maximum atomic E-state index is 13.6. The Hall–Kier alpha value is -4.70. The van der Waals surface area contributed by atoms with Crippen molar-refractivity contribution in [3.8, 4) is 11.4 Å². The number of benzene rings is 4. The summed E-state index contributed by atoms with van der Waals surface area (Å²) in [6, 6.07) is 39.4. The SMILES string of the molecule is Cc1ccc2[nH]c(-c3ccc4ccccc4n3)c(CCCC(=O)N(Cc3ccccc3)Cc3ccccc3)c2c1. The first-order chi connectivity index (χ1) is 19.6. The number of nitrogens with zero attached hydrogens (tertiary/aromatic N) is 2. The van der Waals surface area contributed by atoms with E-state index in [2.05, 4.69) is 78.6 Å². The molecule has 0 aliphatic rings. The zero-order valence-electron chi connectivity index (χ0n) is 22.8. The molecule has 0 saturated heterocycles. The Morgan fingerprint density at radius 3 is 2.17 bits per heavy atom. The molecule has 40 heavy (non-hydrogen) atoms. The number of para-hydroxylation sites is 1. The average Bonchev–Trinajstić information content (AvgIpc) is 3.35. The van der Waals surface area contributed by atoms with Crippen LogP contribution in [0.15, 0.2) is 115 Å². The highest BCUT2D eigenvalue weighted by Crippen LogP contribution is 2.32. The van der Waals surface area contributed by atoms with E-state index in [0.717, 1.165) is 51.8 Å². The number of H-pyrrole nitrogens is 1. The number of rotatable bonds is 9.